The van der Waals surface area contributed by atoms with Crippen molar-refractivity contribution in [2.75, 3.05) is 20.2 Å². The summed E-state index contributed by atoms with van der Waals surface area (Å²) in [6, 6.07) is 72.2. The van der Waals surface area contributed by atoms with Crippen LogP contribution in [0.2, 0.25) is 0 Å². The monoisotopic (exact) mass is 735 g/mol. The standard InChI is InChI=1S/C53H41N3O/c1-56-32-33-57-53(55-51-48(42-28-16-6-17-29-42)36-45(39-22-10-3-11-23-39)37-49(51)43-30-18-7-19-31-43)52(56)54-50-46(40-24-12-4-13-25-40)34-44(38-20-8-2-9-21-38)35-47(50)41-26-14-5-15-27-41/h2-31,34-37H,32-33H2,1H3. The van der Waals surface area contributed by atoms with E-state index >= 15 is 0 Å². The Balaban J connectivity index is 1.31. The number of nitrogens with zero attached hydrogens (tertiary/aromatic N) is 3. The van der Waals surface area contributed by atoms with Gasteiger partial charge in [-0.2, -0.15) is 0 Å². The molecular formula is C53H41N3O. The van der Waals surface area contributed by atoms with Crippen LogP contribution in [0.4, 0.5) is 11.4 Å². The molecule has 4 nitrogen and oxygen atoms in total. The zero-order valence-electron chi connectivity index (χ0n) is 31.8. The normalized spacial score (nSPS) is 14.1. The smallest absolute Gasteiger partial charge is 0.258 e. The lowest BCUT2D eigenvalue weighted by Gasteiger charge is -2.29. The molecule has 0 spiro atoms. The van der Waals surface area contributed by atoms with Crippen LogP contribution in [0.3, 0.4) is 0 Å². The first kappa shape index (κ1) is 35.4. The van der Waals surface area contributed by atoms with Crippen molar-refractivity contribution in [2.24, 2.45) is 9.98 Å². The average molecular weight is 736 g/mol. The van der Waals surface area contributed by atoms with Crippen molar-refractivity contribution in [3.05, 3.63) is 206 Å². The SMILES string of the molecule is CN1CCOC(=Nc2c(-c3ccccc3)cc(-c3ccccc3)cc2-c2ccccc2)C1=Nc1c(-c2ccccc2)cc(-c2ccccc2)cc1-c1ccccc1. The minimum atomic E-state index is 0.482. The van der Waals surface area contributed by atoms with Gasteiger partial charge in [0.25, 0.3) is 5.90 Å². The minimum Gasteiger partial charge on any atom is -0.473 e. The molecule has 274 valence electrons. The van der Waals surface area contributed by atoms with Gasteiger partial charge in [-0.3, -0.25) is 0 Å². The Morgan fingerprint density at radius 1 is 0.368 bits per heavy atom. The predicted octanol–water partition coefficient (Wildman–Crippen LogP) is 13.4. The van der Waals surface area contributed by atoms with Gasteiger partial charge in [0.05, 0.1) is 17.9 Å². The second kappa shape index (κ2) is 16.2. The summed E-state index contributed by atoms with van der Waals surface area (Å²) in [5.41, 5.74) is 14.6. The summed E-state index contributed by atoms with van der Waals surface area (Å²) < 4.78 is 6.60. The molecule has 1 heterocycles. The molecular weight excluding hydrogens is 695 g/mol. The van der Waals surface area contributed by atoms with E-state index in [0.717, 1.165) is 78.1 Å². The van der Waals surface area contributed by atoms with E-state index in [4.69, 9.17) is 14.7 Å². The Morgan fingerprint density at radius 3 is 1.00 bits per heavy atom. The number of likely N-dealkylation sites (N-methyl/N-ethyl adjacent to an activating group) is 1. The van der Waals surface area contributed by atoms with E-state index in [-0.39, 0.29) is 0 Å². The summed E-state index contributed by atoms with van der Waals surface area (Å²) in [5, 5.41) is 0. The van der Waals surface area contributed by atoms with Crippen molar-refractivity contribution in [2.45, 2.75) is 0 Å². The topological polar surface area (TPSA) is 37.2 Å². The second-order valence-electron chi connectivity index (χ2n) is 14.2. The quantitative estimate of drug-likeness (QED) is 0.156. The van der Waals surface area contributed by atoms with Gasteiger partial charge in [0.1, 0.15) is 6.61 Å². The summed E-state index contributed by atoms with van der Waals surface area (Å²) in [6.07, 6.45) is 0. The number of hydrogen-bond acceptors (Lipinski definition) is 3. The first-order chi connectivity index (χ1) is 28.2. The van der Waals surface area contributed by atoms with Gasteiger partial charge >= 0.3 is 0 Å². The fraction of sp³-hybridized carbons (Fsp3) is 0.0566. The van der Waals surface area contributed by atoms with Gasteiger partial charge in [0.2, 0.25) is 0 Å². The molecule has 0 unspecified atom stereocenters. The third kappa shape index (κ3) is 7.54. The third-order valence-electron chi connectivity index (χ3n) is 10.4. The van der Waals surface area contributed by atoms with Gasteiger partial charge < -0.3 is 9.64 Å². The highest BCUT2D eigenvalue weighted by Crippen LogP contribution is 2.45. The summed E-state index contributed by atoms with van der Waals surface area (Å²) in [4.78, 5) is 13.3. The number of benzene rings is 8. The number of rotatable bonds is 8. The summed E-state index contributed by atoms with van der Waals surface area (Å²) in [6.45, 7) is 1.16. The zero-order valence-corrected chi connectivity index (χ0v) is 31.8. The second-order valence-corrected chi connectivity index (χ2v) is 14.2. The van der Waals surface area contributed by atoms with Crippen LogP contribution in [0.25, 0.3) is 66.8 Å². The van der Waals surface area contributed by atoms with Gasteiger partial charge in [-0.25, -0.2) is 9.98 Å². The highest BCUT2D eigenvalue weighted by Gasteiger charge is 2.26. The molecule has 0 aromatic heterocycles. The van der Waals surface area contributed by atoms with E-state index in [0.29, 0.717) is 24.9 Å². The van der Waals surface area contributed by atoms with Crippen LogP contribution in [0, 0.1) is 0 Å². The molecule has 9 rings (SSSR count). The molecule has 1 aliphatic rings. The largest absolute Gasteiger partial charge is 0.473 e. The highest BCUT2D eigenvalue weighted by molar-refractivity contribution is 6.39. The van der Waals surface area contributed by atoms with Gasteiger partial charge in [-0.15, -0.1) is 0 Å². The highest BCUT2D eigenvalue weighted by atomic mass is 16.5. The molecule has 1 aliphatic heterocycles. The van der Waals surface area contributed by atoms with Crippen LogP contribution in [0.15, 0.2) is 216 Å². The van der Waals surface area contributed by atoms with Crippen LogP contribution < -0.4 is 0 Å². The summed E-state index contributed by atoms with van der Waals surface area (Å²) >= 11 is 0. The minimum absolute atomic E-state index is 0.482. The van der Waals surface area contributed by atoms with E-state index in [1.807, 2.05) is 0 Å². The molecule has 8 aromatic carbocycles. The van der Waals surface area contributed by atoms with E-state index in [9.17, 15) is 0 Å². The lowest BCUT2D eigenvalue weighted by atomic mass is 9.91. The average Bonchev–Trinajstić information content (AvgIpc) is 3.29. The Kier molecular flexibility index (Phi) is 10.1. The van der Waals surface area contributed by atoms with E-state index < -0.39 is 0 Å². The van der Waals surface area contributed by atoms with Crippen LogP contribution in [-0.4, -0.2) is 36.8 Å². The maximum absolute atomic E-state index is 6.60. The molecule has 8 aromatic rings. The van der Waals surface area contributed by atoms with E-state index in [1.54, 1.807) is 0 Å². The molecule has 4 heteroatoms. The van der Waals surface area contributed by atoms with E-state index in [1.165, 1.54) is 0 Å². The van der Waals surface area contributed by atoms with Crippen LogP contribution >= 0.6 is 0 Å². The lowest BCUT2D eigenvalue weighted by Crippen LogP contribution is -2.42. The summed E-state index contributed by atoms with van der Waals surface area (Å²) in [7, 11) is 2.08. The maximum Gasteiger partial charge on any atom is 0.258 e. The van der Waals surface area contributed by atoms with Crippen LogP contribution in [0.1, 0.15) is 0 Å². The van der Waals surface area contributed by atoms with Crippen molar-refractivity contribution in [1.29, 1.82) is 0 Å². The molecule has 1 saturated heterocycles. The molecule has 0 saturated carbocycles. The van der Waals surface area contributed by atoms with Gasteiger partial charge in [-0.1, -0.05) is 182 Å². The first-order valence-electron chi connectivity index (χ1n) is 19.4. The van der Waals surface area contributed by atoms with Crippen molar-refractivity contribution in [3.8, 4) is 66.8 Å². The van der Waals surface area contributed by atoms with Crippen LogP contribution in [0.5, 0.6) is 0 Å². The van der Waals surface area contributed by atoms with Crippen LogP contribution in [-0.2, 0) is 4.74 Å². The number of hydrogen-bond donors (Lipinski definition) is 0. The van der Waals surface area contributed by atoms with Crippen molar-refractivity contribution in [3.63, 3.8) is 0 Å². The lowest BCUT2D eigenvalue weighted by molar-refractivity contribution is 0.252. The molecule has 1 fully saturated rings. The molecule has 0 amide bonds. The molecule has 0 N–H and O–H groups in total. The Hall–Kier alpha value is -7.30. The number of aliphatic imine (C=N–C) groups is 2. The Labute approximate surface area is 334 Å². The molecule has 0 aliphatic carbocycles. The van der Waals surface area contributed by atoms with E-state index in [2.05, 4.69) is 218 Å². The van der Waals surface area contributed by atoms with Crippen molar-refractivity contribution >= 4 is 23.1 Å². The Bertz CT molecular complexity index is 2560. The maximum atomic E-state index is 6.60. The summed E-state index contributed by atoms with van der Waals surface area (Å²) in [5.74, 6) is 1.16. The van der Waals surface area contributed by atoms with Gasteiger partial charge in [0.15, 0.2) is 5.84 Å². The number of morpholine rings is 1. The number of ether oxygens (including phenoxy) is 1. The van der Waals surface area contributed by atoms with Gasteiger partial charge in [-0.05, 0) is 68.8 Å². The fourth-order valence-corrected chi connectivity index (χ4v) is 7.49. The molecule has 0 radical (unpaired) electrons. The number of amidine groups is 1. The Morgan fingerprint density at radius 2 is 0.667 bits per heavy atom. The van der Waals surface area contributed by atoms with Crippen molar-refractivity contribution < 1.29 is 4.74 Å². The first-order valence-corrected chi connectivity index (χ1v) is 19.4. The predicted molar refractivity (Wildman–Crippen MR) is 238 cm³/mol. The van der Waals surface area contributed by atoms with Gasteiger partial charge in [0, 0.05) is 29.3 Å². The fourth-order valence-electron chi connectivity index (χ4n) is 7.49. The zero-order chi connectivity index (χ0) is 38.4. The molecule has 0 atom stereocenters. The third-order valence-corrected chi connectivity index (χ3v) is 10.4. The molecule has 57 heavy (non-hydrogen) atoms. The van der Waals surface area contributed by atoms with Crippen molar-refractivity contribution in [1.82, 2.24) is 4.90 Å². The molecule has 0 bridgehead atoms.